The molecule has 1 fully saturated rings. The average molecular weight is 294 g/mol. The predicted molar refractivity (Wildman–Crippen MR) is 81.1 cm³/mol. The highest BCUT2D eigenvalue weighted by molar-refractivity contribution is 5.76. The Labute approximate surface area is 126 Å². The first-order valence-electron chi connectivity index (χ1n) is 7.62. The molecule has 2 N–H and O–H groups in total. The van der Waals surface area contributed by atoms with Crippen LogP contribution < -0.4 is 0 Å². The Morgan fingerprint density at radius 3 is 2.81 bits per heavy atom. The zero-order chi connectivity index (χ0) is 15.4. The number of piperazine rings is 1. The van der Waals surface area contributed by atoms with Gasteiger partial charge in [0.1, 0.15) is 0 Å². The van der Waals surface area contributed by atoms with Crippen molar-refractivity contribution in [1.82, 2.24) is 20.0 Å². The van der Waals surface area contributed by atoms with E-state index in [0.717, 1.165) is 36.5 Å². The molecule has 6 heteroatoms. The lowest BCUT2D eigenvalue weighted by Crippen LogP contribution is -2.53. The van der Waals surface area contributed by atoms with E-state index in [0.29, 0.717) is 19.4 Å². The van der Waals surface area contributed by atoms with Crippen LogP contribution in [0.5, 0.6) is 0 Å². The van der Waals surface area contributed by atoms with Crippen molar-refractivity contribution in [3.8, 4) is 0 Å². The molecule has 0 spiro atoms. The van der Waals surface area contributed by atoms with E-state index < -0.39 is 0 Å². The number of aliphatic hydroxyl groups is 1. The minimum atomic E-state index is 0.169. The van der Waals surface area contributed by atoms with Crippen LogP contribution in [0.25, 0.3) is 0 Å². The molecule has 1 aliphatic heterocycles. The molecule has 1 saturated heterocycles. The molecule has 0 aromatic carbocycles. The number of rotatable bonds is 5. The van der Waals surface area contributed by atoms with Crippen molar-refractivity contribution in [1.29, 1.82) is 0 Å². The Morgan fingerprint density at radius 1 is 1.43 bits per heavy atom. The molecule has 1 aromatic heterocycles. The normalized spacial score (nSPS) is 20.0. The van der Waals surface area contributed by atoms with Gasteiger partial charge in [0.05, 0.1) is 5.69 Å². The summed E-state index contributed by atoms with van der Waals surface area (Å²) in [6.07, 6.45) is 1.91. The molecule has 6 nitrogen and oxygen atoms in total. The minimum Gasteiger partial charge on any atom is -0.396 e. The van der Waals surface area contributed by atoms with E-state index in [9.17, 15) is 4.79 Å². The monoisotopic (exact) mass is 294 g/mol. The molecule has 0 saturated carbocycles. The second-order valence-electron chi connectivity index (χ2n) is 5.91. The van der Waals surface area contributed by atoms with Gasteiger partial charge in [-0.1, -0.05) is 0 Å². The number of hydrogen-bond acceptors (Lipinski definition) is 4. The van der Waals surface area contributed by atoms with Crippen molar-refractivity contribution < 1.29 is 9.90 Å². The number of hydrogen-bond donors (Lipinski definition) is 2. The number of aliphatic hydroxyl groups excluding tert-OH is 1. The van der Waals surface area contributed by atoms with Crippen molar-refractivity contribution in [2.45, 2.75) is 39.2 Å². The van der Waals surface area contributed by atoms with Crippen LogP contribution in [0.1, 0.15) is 29.8 Å². The number of carbonyl (C=O) groups is 1. The minimum absolute atomic E-state index is 0.169. The van der Waals surface area contributed by atoms with E-state index in [1.54, 1.807) is 0 Å². The number of aromatic amines is 1. The van der Waals surface area contributed by atoms with Crippen molar-refractivity contribution >= 4 is 5.91 Å². The fraction of sp³-hybridized carbons (Fsp3) is 0.733. The largest absolute Gasteiger partial charge is 0.396 e. The van der Waals surface area contributed by atoms with Crippen LogP contribution >= 0.6 is 0 Å². The smallest absolute Gasteiger partial charge is 0.223 e. The second kappa shape index (κ2) is 7.04. The second-order valence-corrected chi connectivity index (χ2v) is 5.91. The van der Waals surface area contributed by atoms with Crippen LogP contribution in [-0.2, 0) is 11.2 Å². The van der Waals surface area contributed by atoms with Gasteiger partial charge in [-0.2, -0.15) is 5.10 Å². The first-order valence-corrected chi connectivity index (χ1v) is 7.62. The third kappa shape index (κ3) is 3.83. The van der Waals surface area contributed by atoms with Crippen LogP contribution in [-0.4, -0.2) is 70.3 Å². The van der Waals surface area contributed by atoms with Gasteiger partial charge in [0.2, 0.25) is 5.91 Å². The number of carbonyl (C=O) groups excluding carboxylic acids is 1. The first-order chi connectivity index (χ1) is 10.0. The van der Waals surface area contributed by atoms with Crippen LogP contribution in [0.2, 0.25) is 0 Å². The van der Waals surface area contributed by atoms with Crippen molar-refractivity contribution in [3.05, 3.63) is 17.0 Å². The van der Waals surface area contributed by atoms with E-state index in [-0.39, 0.29) is 18.6 Å². The molecule has 21 heavy (non-hydrogen) atoms. The van der Waals surface area contributed by atoms with Crippen molar-refractivity contribution in [2.24, 2.45) is 0 Å². The van der Waals surface area contributed by atoms with Gasteiger partial charge in [0.15, 0.2) is 0 Å². The summed E-state index contributed by atoms with van der Waals surface area (Å²) in [4.78, 5) is 16.5. The van der Waals surface area contributed by atoms with Crippen molar-refractivity contribution in [3.63, 3.8) is 0 Å². The quantitative estimate of drug-likeness (QED) is 0.829. The van der Waals surface area contributed by atoms with Crippen LogP contribution in [0.3, 0.4) is 0 Å². The summed E-state index contributed by atoms with van der Waals surface area (Å²) in [5.41, 5.74) is 3.21. The molecule has 0 aliphatic carbocycles. The van der Waals surface area contributed by atoms with E-state index in [2.05, 4.69) is 22.1 Å². The molecule has 2 heterocycles. The van der Waals surface area contributed by atoms with Gasteiger partial charge in [-0.15, -0.1) is 0 Å². The molecule has 1 atom stereocenters. The molecule has 0 bridgehead atoms. The lowest BCUT2D eigenvalue weighted by atomic mass is 10.1. The Hall–Kier alpha value is -1.40. The Bertz CT molecular complexity index is 486. The van der Waals surface area contributed by atoms with Crippen LogP contribution in [0, 0.1) is 13.8 Å². The Morgan fingerprint density at radius 2 is 2.19 bits per heavy atom. The Kier molecular flexibility index (Phi) is 5.36. The van der Waals surface area contributed by atoms with Gasteiger partial charge in [0, 0.05) is 50.8 Å². The highest BCUT2D eigenvalue weighted by Gasteiger charge is 2.26. The molecule has 0 radical (unpaired) electrons. The van der Waals surface area contributed by atoms with Crippen molar-refractivity contribution in [2.75, 3.05) is 33.3 Å². The molecule has 118 valence electrons. The summed E-state index contributed by atoms with van der Waals surface area (Å²) >= 11 is 0. The Balaban J connectivity index is 1.87. The lowest BCUT2D eigenvalue weighted by Gasteiger charge is -2.39. The maximum absolute atomic E-state index is 12.4. The number of aryl methyl sites for hydroxylation is 2. The van der Waals surface area contributed by atoms with Gasteiger partial charge in [0.25, 0.3) is 0 Å². The number of nitrogens with zero attached hydrogens (tertiary/aromatic N) is 3. The van der Waals surface area contributed by atoms with Gasteiger partial charge in [-0.25, -0.2) is 0 Å². The molecule has 0 unspecified atom stereocenters. The SMILES string of the molecule is Cc1[nH]nc(CCC(=O)N2CCN(C)[C@H](CCO)C2)c1C. The molecule has 1 amide bonds. The van der Waals surface area contributed by atoms with E-state index >= 15 is 0 Å². The number of likely N-dealkylation sites (N-methyl/N-ethyl adjacent to an activating group) is 1. The number of amides is 1. The fourth-order valence-corrected chi connectivity index (χ4v) is 2.80. The first kappa shape index (κ1) is 16.0. The standard InChI is InChI=1S/C15H26N4O2/c1-11-12(2)16-17-14(11)4-5-15(21)19-8-7-18(3)13(10-19)6-9-20/h13,20H,4-10H2,1-3H3,(H,16,17)/t13-/m1/s1. The summed E-state index contributed by atoms with van der Waals surface area (Å²) in [7, 11) is 2.05. The zero-order valence-corrected chi connectivity index (χ0v) is 13.2. The molecular formula is C15H26N4O2. The zero-order valence-electron chi connectivity index (χ0n) is 13.2. The van der Waals surface area contributed by atoms with Crippen LogP contribution in [0.4, 0.5) is 0 Å². The number of H-pyrrole nitrogens is 1. The summed E-state index contributed by atoms with van der Waals surface area (Å²) in [5.74, 6) is 0.186. The summed E-state index contributed by atoms with van der Waals surface area (Å²) in [5, 5.41) is 16.3. The topological polar surface area (TPSA) is 72.5 Å². The summed E-state index contributed by atoms with van der Waals surface area (Å²) in [6, 6.07) is 0.266. The average Bonchev–Trinajstić information content (AvgIpc) is 2.79. The maximum Gasteiger partial charge on any atom is 0.223 e. The number of nitrogens with one attached hydrogen (secondary N) is 1. The molecule has 2 rings (SSSR count). The predicted octanol–water partition coefficient (Wildman–Crippen LogP) is 0.484. The summed E-state index contributed by atoms with van der Waals surface area (Å²) < 4.78 is 0. The number of aromatic nitrogens is 2. The molecular weight excluding hydrogens is 268 g/mol. The fourth-order valence-electron chi connectivity index (χ4n) is 2.80. The van der Waals surface area contributed by atoms with Gasteiger partial charge in [-0.05, 0) is 32.9 Å². The summed E-state index contributed by atoms with van der Waals surface area (Å²) in [6.45, 7) is 6.56. The van der Waals surface area contributed by atoms with Crippen LogP contribution in [0.15, 0.2) is 0 Å². The molecule has 1 aliphatic rings. The van der Waals surface area contributed by atoms with E-state index in [4.69, 9.17) is 5.11 Å². The lowest BCUT2D eigenvalue weighted by molar-refractivity contribution is -0.134. The maximum atomic E-state index is 12.4. The van der Waals surface area contributed by atoms with E-state index in [1.807, 2.05) is 18.7 Å². The van der Waals surface area contributed by atoms with E-state index in [1.165, 1.54) is 0 Å². The van der Waals surface area contributed by atoms with Gasteiger partial charge < -0.3 is 10.0 Å². The molecule has 1 aromatic rings. The van der Waals surface area contributed by atoms with Gasteiger partial charge in [-0.3, -0.25) is 14.8 Å². The highest BCUT2D eigenvalue weighted by Crippen LogP contribution is 2.14. The third-order valence-electron chi connectivity index (χ3n) is 4.52. The highest BCUT2D eigenvalue weighted by atomic mass is 16.3. The third-order valence-corrected chi connectivity index (χ3v) is 4.52. The van der Waals surface area contributed by atoms with Gasteiger partial charge >= 0.3 is 0 Å².